The molecule has 0 amide bonds. The van der Waals surface area contributed by atoms with E-state index in [2.05, 4.69) is 72.5 Å². The van der Waals surface area contributed by atoms with Crippen molar-refractivity contribution in [2.45, 2.75) is 32.6 Å². The third kappa shape index (κ3) is 5.03. The third-order valence-corrected chi connectivity index (χ3v) is 10.3. The molecule has 0 saturated carbocycles. The SMILES string of the molecule is COC(=O)CCO[Si](Br)(c1ccccc1)c1ccc(C(C)(C)C)cc1. The largest absolute Gasteiger partial charge is 0.469 e. The summed E-state index contributed by atoms with van der Waals surface area (Å²) in [5.74, 6) is -0.264. The van der Waals surface area contributed by atoms with Gasteiger partial charge in [-0.25, -0.2) is 0 Å². The van der Waals surface area contributed by atoms with Crippen molar-refractivity contribution >= 4 is 38.6 Å². The fourth-order valence-corrected chi connectivity index (χ4v) is 6.89. The molecule has 3 nitrogen and oxygen atoms in total. The van der Waals surface area contributed by atoms with Crippen LogP contribution in [0.15, 0.2) is 54.6 Å². The quantitative estimate of drug-likeness (QED) is 0.407. The lowest BCUT2D eigenvalue weighted by atomic mass is 9.87. The highest BCUT2D eigenvalue weighted by Gasteiger charge is 2.37. The van der Waals surface area contributed by atoms with Crippen molar-refractivity contribution in [3.63, 3.8) is 0 Å². The van der Waals surface area contributed by atoms with Crippen LogP contribution in [0.4, 0.5) is 0 Å². The molecule has 0 aliphatic rings. The Morgan fingerprint density at radius 2 is 1.56 bits per heavy atom. The summed E-state index contributed by atoms with van der Waals surface area (Å²) >= 11 is 3.91. The number of carbonyl (C=O) groups excluding carboxylic acids is 1. The average Bonchev–Trinajstić information content (AvgIpc) is 2.61. The first-order chi connectivity index (χ1) is 11.8. The minimum atomic E-state index is -2.56. The fraction of sp³-hybridized carbons (Fsp3) is 0.350. The van der Waals surface area contributed by atoms with E-state index < -0.39 is 6.94 Å². The Hall–Kier alpha value is -1.43. The van der Waals surface area contributed by atoms with Crippen molar-refractivity contribution in [1.82, 2.24) is 0 Å². The summed E-state index contributed by atoms with van der Waals surface area (Å²) < 4.78 is 11.0. The number of halogens is 1. The third-order valence-electron chi connectivity index (χ3n) is 4.10. The maximum absolute atomic E-state index is 11.4. The first kappa shape index (κ1) is 19.9. The summed E-state index contributed by atoms with van der Waals surface area (Å²) in [4.78, 5) is 11.4. The normalized spacial score (nSPS) is 14.0. The minimum absolute atomic E-state index is 0.105. The fourth-order valence-electron chi connectivity index (χ4n) is 2.55. The van der Waals surface area contributed by atoms with Crippen LogP contribution in [0.5, 0.6) is 0 Å². The minimum Gasteiger partial charge on any atom is -0.469 e. The van der Waals surface area contributed by atoms with E-state index in [-0.39, 0.29) is 17.8 Å². The Morgan fingerprint density at radius 1 is 1.00 bits per heavy atom. The van der Waals surface area contributed by atoms with Gasteiger partial charge >= 0.3 is 12.9 Å². The monoisotopic (exact) mass is 420 g/mol. The number of esters is 1. The van der Waals surface area contributed by atoms with Crippen molar-refractivity contribution in [3.05, 3.63) is 60.2 Å². The van der Waals surface area contributed by atoms with E-state index >= 15 is 0 Å². The van der Waals surface area contributed by atoms with Crippen LogP contribution >= 0.6 is 15.3 Å². The lowest BCUT2D eigenvalue weighted by molar-refractivity contribution is -0.141. The second kappa shape index (κ2) is 8.30. The highest BCUT2D eigenvalue weighted by Crippen LogP contribution is 2.23. The van der Waals surface area contributed by atoms with Crippen LogP contribution in [0, 0.1) is 0 Å². The Bertz CT molecular complexity index is 695. The van der Waals surface area contributed by atoms with Gasteiger partial charge in [-0.05, 0) is 21.4 Å². The van der Waals surface area contributed by atoms with Crippen LogP contribution in [0.3, 0.4) is 0 Å². The highest BCUT2D eigenvalue weighted by atomic mass is 79.9. The molecule has 0 aromatic heterocycles. The first-order valence-electron chi connectivity index (χ1n) is 8.33. The summed E-state index contributed by atoms with van der Waals surface area (Å²) in [6, 6.07) is 18.7. The van der Waals surface area contributed by atoms with Gasteiger partial charge in [0.15, 0.2) is 0 Å². The Kier molecular flexibility index (Phi) is 6.60. The molecule has 2 rings (SSSR count). The van der Waals surface area contributed by atoms with Crippen molar-refractivity contribution in [2.75, 3.05) is 13.7 Å². The van der Waals surface area contributed by atoms with Gasteiger partial charge in [0.1, 0.15) is 0 Å². The van der Waals surface area contributed by atoms with E-state index in [1.807, 2.05) is 18.2 Å². The van der Waals surface area contributed by atoms with Gasteiger partial charge in [0, 0.05) is 6.61 Å². The van der Waals surface area contributed by atoms with Crippen LogP contribution in [-0.4, -0.2) is 26.6 Å². The van der Waals surface area contributed by atoms with Gasteiger partial charge in [0.2, 0.25) is 0 Å². The zero-order chi connectivity index (χ0) is 18.5. The molecular formula is C20H25BrO3Si. The average molecular weight is 421 g/mol. The number of ether oxygens (including phenoxy) is 1. The van der Waals surface area contributed by atoms with Crippen LogP contribution in [-0.2, 0) is 19.4 Å². The van der Waals surface area contributed by atoms with Crippen LogP contribution in [0.25, 0.3) is 0 Å². The number of methoxy groups -OCH3 is 1. The molecule has 0 aliphatic heterocycles. The van der Waals surface area contributed by atoms with Crippen molar-refractivity contribution in [2.24, 2.45) is 0 Å². The Balaban J connectivity index is 2.33. The molecule has 0 aliphatic carbocycles. The standard InChI is InChI=1S/C20H25BrO3Si/c1-20(2,3)16-10-12-18(13-11-16)25(21,17-8-6-5-7-9-17)24-15-14-19(22)23-4/h5-13H,14-15H2,1-4H3. The molecule has 0 bridgehead atoms. The van der Waals surface area contributed by atoms with Crippen molar-refractivity contribution in [1.29, 1.82) is 0 Å². The first-order valence-corrected chi connectivity index (χ1v) is 12.5. The molecule has 0 heterocycles. The molecule has 25 heavy (non-hydrogen) atoms. The van der Waals surface area contributed by atoms with Gasteiger partial charge in [0.05, 0.1) is 13.5 Å². The zero-order valence-electron chi connectivity index (χ0n) is 15.2. The molecule has 0 fully saturated rings. The molecule has 1 atom stereocenters. The molecule has 5 heteroatoms. The van der Waals surface area contributed by atoms with Crippen LogP contribution in [0.1, 0.15) is 32.8 Å². The van der Waals surface area contributed by atoms with Crippen molar-refractivity contribution in [3.8, 4) is 0 Å². The maximum Gasteiger partial charge on any atom is 0.328 e. The molecule has 2 aromatic rings. The lowest BCUT2D eigenvalue weighted by Crippen LogP contribution is -2.56. The van der Waals surface area contributed by atoms with Gasteiger partial charge in [-0.2, -0.15) is 0 Å². The van der Waals surface area contributed by atoms with E-state index in [1.54, 1.807) is 0 Å². The van der Waals surface area contributed by atoms with Gasteiger partial charge in [0.25, 0.3) is 0 Å². The van der Waals surface area contributed by atoms with Crippen molar-refractivity contribution < 1.29 is 14.0 Å². The molecular weight excluding hydrogens is 396 g/mol. The molecule has 0 N–H and O–H groups in total. The summed E-state index contributed by atoms with van der Waals surface area (Å²) in [5, 5.41) is 2.24. The summed E-state index contributed by atoms with van der Waals surface area (Å²) in [7, 11) is 1.39. The van der Waals surface area contributed by atoms with Crippen LogP contribution in [0.2, 0.25) is 0 Å². The topological polar surface area (TPSA) is 35.5 Å². The van der Waals surface area contributed by atoms with E-state index in [1.165, 1.54) is 12.7 Å². The predicted octanol–water partition coefficient (Wildman–Crippen LogP) is 3.52. The predicted molar refractivity (Wildman–Crippen MR) is 108 cm³/mol. The molecule has 1 unspecified atom stereocenters. The summed E-state index contributed by atoms with van der Waals surface area (Å²) in [6.07, 6.45) is 0.240. The second-order valence-corrected chi connectivity index (χ2v) is 12.9. The lowest BCUT2D eigenvalue weighted by Gasteiger charge is -2.27. The maximum atomic E-state index is 11.4. The second-order valence-electron chi connectivity index (χ2n) is 6.96. The highest BCUT2D eigenvalue weighted by molar-refractivity contribution is 9.26. The molecule has 0 spiro atoms. The van der Waals surface area contributed by atoms with Crippen LogP contribution < -0.4 is 10.4 Å². The molecule has 134 valence electrons. The Morgan fingerprint density at radius 3 is 2.08 bits per heavy atom. The smallest absolute Gasteiger partial charge is 0.328 e. The van der Waals surface area contributed by atoms with E-state index in [9.17, 15) is 4.79 Å². The summed E-state index contributed by atoms with van der Waals surface area (Å²) in [6.45, 7) is 4.36. The molecule has 0 radical (unpaired) electrons. The van der Waals surface area contributed by atoms with Gasteiger partial charge < -0.3 is 9.16 Å². The number of rotatable bonds is 6. The summed E-state index contributed by atoms with van der Waals surface area (Å²) in [5.41, 5.74) is 1.39. The molecule has 2 aromatic carbocycles. The van der Waals surface area contributed by atoms with Gasteiger partial charge in [-0.15, -0.1) is 0 Å². The number of hydrogen-bond acceptors (Lipinski definition) is 3. The van der Waals surface area contributed by atoms with Gasteiger partial charge in [-0.3, -0.25) is 4.79 Å². The number of benzene rings is 2. The van der Waals surface area contributed by atoms with E-state index in [0.717, 1.165) is 10.4 Å². The number of carbonyl (C=O) groups is 1. The van der Waals surface area contributed by atoms with Gasteiger partial charge in [-0.1, -0.05) is 90.7 Å². The Labute approximate surface area is 159 Å². The van der Waals surface area contributed by atoms with E-state index in [4.69, 9.17) is 9.16 Å². The van der Waals surface area contributed by atoms with E-state index in [0.29, 0.717) is 6.61 Å². The zero-order valence-corrected chi connectivity index (χ0v) is 17.8. The number of hydrogen-bond donors (Lipinski definition) is 0. The molecule has 0 saturated heterocycles.